The molecular formula is C23H21FN6O4S2. The summed E-state index contributed by atoms with van der Waals surface area (Å²) in [5, 5.41) is 10.8. The van der Waals surface area contributed by atoms with Gasteiger partial charge in [0, 0.05) is 29.9 Å². The Bertz CT molecular complexity index is 1520. The number of hydrogen-bond donors (Lipinski definition) is 2. The Kier molecular flexibility index (Phi) is 7.22. The maximum atomic E-state index is 14.7. The number of benzene rings is 1. The molecule has 2 N–H and O–H groups in total. The van der Waals surface area contributed by atoms with Crippen molar-refractivity contribution in [3.05, 3.63) is 71.6 Å². The Morgan fingerprint density at radius 1 is 1.19 bits per heavy atom. The van der Waals surface area contributed by atoms with E-state index in [9.17, 15) is 13.4 Å². The lowest BCUT2D eigenvalue weighted by Crippen LogP contribution is -2.14. The second-order valence-electron chi connectivity index (χ2n) is 7.63. The third-order valence-corrected chi connectivity index (χ3v) is 6.86. The first-order valence-corrected chi connectivity index (χ1v) is 13.2. The first-order valence-electron chi connectivity index (χ1n) is 10.4. The Hall–Kier alpha value is -3.97. The van der Waals surface area contributed by atoms with Crippen LogP contribution in [0.4, 0.5) is 9.52 Å². The van der Waals surface area contributed by atoms with Gasteiger partial charge in [0.2, 0.25) is 5.13 Å². The molecule has 186 valence electrons. The van der Waals surface area contributed by atoms with Crippen molar-refractivity contribution < 1.29 is 22.9 Å². The summed E-state index contributed by atoms with van der Waals surface area (Å²) in [7, 11) is -1.42. The van der Waals surface area contributed by atoms with Gasteiger partial charge in [-0.05, 0) is 48.6 Å². The van der Waals surface area contributed by atoms with Crippen molar-refractivity contribution in [2.75, 3.05) is 18.7 Å². The number of halogens is 1. The molecule has 4 rings (SSSR count). The zero-order valence-electron chi connectivity index (χ0n) is 19.4. The summed E-state index contributed by atoms with van der Waals surface area (Å²) >= 11 is 0.999. The van der Waals surface area contributed by atoms with Gasteiger partial charge in [0.15, 0.2) is 0 Å². The highest BCUT2D eigenvalue weighted by atomic mass is 32.2. The highest BCUT2D eigenvalue weighted by Crippen LogP contribution is 2.35. The second kappa shape index (κ2) is 10.3. The molecule has 36 heavy (non-hydrogen) atoms. The van der Waals surface area contributed by atoms with Crippen LogP contribution >= 0.6 is 11.3 Å². The number of pyridine rings is 2. The third kappa shape index (κ3) is 5.63. The normalized spacial score (nSPS) is 12.6. The number of nitrogens with zero attached hydrogens (tertiary/aromatic N) is 4. The van der Waals surface area contributed by atoms with Crippen LogP contribution in [0.25, 0.3) is 11.1 Å². The zero-order valence-corrected chi connectivity index (χ0v) is 21.1. The quantitative estimate of drug-likeness (QED) is 0.345. The number of aromatic nitrogens is 4. The second-order valence-corrected chi connectivity index (χ2v) is 10.7. The molecule has 1 aromatic carbocycles. The highest BCUT2D eigenvalue weighted by molar-refractivity contribution is 7.91. The standard InChI is InChI=1S/C23H21FN6O4S2/c1-13-9-16(20-18(24)5-4-6-19(20)33-2)17(11-26-13)21(31)28-22-29-30-23(35-22)34-12-14-7-8-15(10-27-14)36(3,25)32/h4-11,25H,12H2,1-3H3,(H,28,29,31)/t36-/m1/s1. The summed E-state index contributed by atoms with van der Waals surface area (Å²) in [6.07, 6.45) is 4.06. The molecule has 0 unspecified atom stereocenters. The van der Waals surface area contributed by atoms with Gasteiger partial charge in [-0.1, -0.05) is 11.2 Å². The van der Waals surface area contributed by atoms with E-state index in [4.69, 9.17) is 14.3 Å². The Labute approximate surface area is 210 Å². The largest absolute Gasteiger partial charge is 0.496 e. The van der Waals surface area contributed by atoms with Crippen LogP contribution in [0.15, 0.2) is 53.7 Å². The summed E-state index contributed by atoms with van der Waals surface area (Å²) < 4.78 is 45.0. The maximum Gasteiger partial charge on any atom is 0.296 e. The number of ether oxygens (including phenoxy) is 2. The Balaban J connectivity index is 1.50. The molecule has 1 amide bonds. The van der Waals surface area contributed by atoms with Crippen LogP contribution in [0.3, 0.4) is 0 Å². The first-order chi connectivity index (χ1) is 17.2. The van der Waals surface area contributed by atoms with Crippen LogP contribution in [0, 0.1) is 17.5 Å². The number of rotatable bonds is 8. The van der Waals surface area contributed by atoms with E-state index in [-0.39, 0.29) is 33.8 Å². The van der Waals surface area contributed by atoms with Crippen molar-refractivity contribution in [1.29, 1.82) is 4.78 Å². The van der Waals surface area contributed by atoms with E-state index in [1.165, 1.54) is 37.9 Å². The number of carbonyl (C=O) groups excluding carboxylic acids is 1. The van der Waals surface area contributed by atoms with Crippen LogP contribution in [0.1, 0.15) is 21.7 Å². The van der Waals surface area contributed by atoms with E-state index in [1.54, 1.807) is 31.2 Å². The summed E-state index contributed by atoms with van der Waals surface area (Å²) in [6.45, 7) is 1.80. The van der Waals surface area contributed by atoms with Crippen molar-refractivity contribution in [2.24, 2.45) is 0 Å². The molecule has 0 aliphatic rings. The minimum Gasteiger partial charge on any atom is -0.496 e. The van der Waals surface area contributed by atoms with Gasteiger partial charge in [0.1, 0.15) is 18.2 Å². The predicted octanol–water partition coefficient (Wildman–Crippen LogP) is 4.32. The molecule has 3 aromatic heterocycles. The highest BCUT2D eigenvalue weighted by Gasteiger charge is 2.21. The summed E-state index contributed by atoms with van der Waals surface area (Å²) in [5.74, 6) is -0.806. The fraction of sp³-hybridized carbons (Fsp3) is 0.174. The molecule has 3 heterocycles. The number of hydrogen-bond acceptors (Lipinski definition) is 10. The molecule has 4 aromatic rings. The van der Waals surface area contributed by atoms with Crippen molar-refractivity contribution in [2.45, 2.75) is 18.4 Å². The molecular weight excluding hydrogens is 507 g/mol. The molecule has 0 aliphatic heterocycles. The van der Waals surface area contributed by atoms with E-state index in [0.29, 0.717) is 21.8 Å². The Morgan fingerprint density at radius 2 is 2.00 bits per heavy atom. The SMILES string of the molecule is COc1cccc(F)c1-c1cc(C)ncc1C(=O)Nc1nnc(OCc2ccc([S@](C)(=N)=O)cn2)s1. The molecule has 1 atom stereocenters. The van der Waals surface area contributed by atoms with Gasteiger partial charge in [-0.15, -0.1) is 5.10 Å². The number of amides is 1. The van der Waals surface area contributed by atoms with Crippen molar-refractivity contribution in [1.82, 2.24) is 20.2 Å². The van der Waals surface area contributed by atoms with Gasteiger partial charge >= 0.3 is 0 Å². The fourth-order valence-corrected chi connectivity index (χ4v) is 4.40. The monoisotopic (exact) mass is 528 g/mol. The number of methoxy groups -OCH3 is 1. The third-order valence-electron chi connectivity index (χ3n) is 4.97. The molecule has 0 saturated heterocycles. The lowest BCUT2D eigenvalue weighted by molar-refractivity contribution is 0.102. The molecule has 0 saturated carbocycles. The number of aryl methyl sites for hydroxylation is 1. The summed E-state index contributed by atoms with van der Waals surface area (Å²) in [6, 6.07) is 9.21. The van der Waals surface area contributed by atoms with E-state index >= 15 is 0 Å². The molecule has 0 radical (unpaired) electrons. The van der Waals surface area contributed by atoms with Crippen LogP contribution in [0.2, 0.25) is 0 Å². The van der Waals surface area contributed by atoms with Gasteiger partial charge in [-0.3, -0.25) is 20.1 Å². The van der Waals surface area contributed by atoms with E-state index in [0.717, 1.165) is 11.3 Å². The van der Waals surface area contributed by atoms with Gasteiger partial charge < -0.3 is 9.47 Å². The lowest BCUT2D eigenvalue weighted by Gasteiger charge is -2.14. The van der Waals surface area contributed by atoms with Crippen LogP contribution in [-0.4, -0.2) is 43.6 Å². The van der Waals surface area contributed by atoms with E-state index in [2.05, 4.69) is 25.5 Å². The fourth-order valence-electron chi connectivity index (χ4n) is 3.23. The zero-order chi connectivity index (χ0) is 25.9. The van der Waals surface area contributed by atoms with Crippen LogP contribution < -0.4 is 14.8 Å². The topological polar surface area (TPSA) is 140 Å². The minimum absolute atomic E-state index is 0.0604. The van der Waals surface area contributed by atoms with E-state index < -0.39 is 21.5 Å². The summed E-state index contributed by atoms with van der Waals surface area (Å²) in [4.78, 5) is 21.7. The molecule has 13 heteroatoms. The number of nitrogens with one attached hydrogen (secondary N) is 2. The van der Waals surface area contributed by atoms with Crippen LogP contribution in [-0.2, 0) is 16.3 Å². The predicted molar refractivity (Wildman–Crippen MR) is 132 cm³/mol. The molecule has 0 aliphatic carbocycles. The first kappa shape index (κ1) is 25.1. The smallest absolute Gasteiger partial charge is 0.296 e. The number of anilines is 1. The summed E-state index contributed by atoms with van der Waals surface area (Å²) in [5.41, 5.74) is 1.75. The molecule has 0 spiro atoms. The average molecular weight is 529 g/mol. The average Bonchev–Trinajstić information content (AvgIpc) is 3.29. The minimum atomic E-state index is -2.84. The van der Waals surface area contributed by atoms with Crippen molar-refractivity contribution in [3.63, 3.8) is 0 Å². The van der Waals surface area contributed by atoms with Gasteiger partial charge in [-0.2, -0.15) is 0 Å². The van der Waals surface area contributed by atoms with Gasteiger partial charge in [0.25, 0.3) is 11.1 Å². The number of carbonyl (C=O) groups is 1. The maximum absolute atomic E-state index is 14.7. The van der Waals surface area contributed by atoms with Crippen molar-refractivity contribution >= 4 is 32.1 Å². The van der Waals surface area contributed by atoms with Gasteiger partial charge in [0.05, 0.1) is 38.6 Å². The van der Waals surface area contributed by atoms with Crippen molar-refractivity contribution in [3.8, 4) is 22.1 Å². The molecule has 0 fully saturated rings. The molecule has 10 nitrogen and oxygen atoms in total. The molecule has 0 bridgehead atoms. The van der Waals surface area contributed by atoms with Crippen LogP contribution in [0.5, 0.6) is 10.9 Å². The Morgan fingerprint density at radius 3 is 2.69 bits per heavy atom. The lowest BCUT2D eigenvalue weighted by atomic mass is 9.98. The van der Waals surface area contributed by atoms with Gasteiger partial charge in [-0.25, -0.2) is 13.4 Å². The van der Waals surface area contributed by atoms with E-state index in [1.807, 2.05) is 0 Å².